The first-order valence-electron chi connectivity index (χ1n) is 10.5. The normalized spacial score (nSPS) is 32.5. The van der Waals surface area contributed by atoms with Crippen LogP contribution in [0, 0.1) is 11.3 Å². The molecule has 2 bridgehead atoms. The third-order valence-electron chi connectivity index (χ3n) is 6.90. The van der Waals surface area contributed by atoms with Crippen LogP contribution in [0.5, 0.6) is 5.75 Å². The van der Waals surface area contributed by atoms with Crippen molar-refractivity contribution >= 4 is 5.69 Å². The molecule has 4 aliphatic rings. The molecule has 4 nitrogen and oxygen atoms in total. The van der Waals surface area contributed by atoms with Crippen LogP contribution in [0.1, 0.15) is 39.2 Å². The van der Waals surface area contributed by atoms with Crippen LogP contribution in [0.2, 0.25) is 0 Å². The molecule has 148 valence electrons. The maximum absolute atomic E-state index is 6.30. The summed E-state index contributed by atoms with van der Waals surface area (Å²) >= 11 is 0. The first-order chi connectivity index (χ1) is 13.5. The molecule has 0 amide bonds. The second-order valence-corrected chi connectivity index (χ2v) is 9.15. The molecule has 6 rings (SSSR count). The van der Waals surface area contributed by atoms with Gasteiger partial charge in [0.1, 0.15) is 5.75 Å². The fourth-order valence-electron chi connectivity index (χ4n) is 5.44. The summed E-state index contributed by atoms with van der Waals surface area (Å²) in [5.74, 6) is 1.48. The van der Waals surface area contributed by atoms with Gasteiger partial charge in [0.25, 0.3) is 0 Å². The number of hydrogen-bond donors (Lipinski definition) is 0. The second-order valence-electron chi connectivity index (χ2n) is 9.15. The van der Waals surface area contributed by atoms with Crippen molar-refractivity contribution in [2.75, 3.05) is 18.1 Å². The number of hydrogen-bond acceptors (Lipinski definition) is 4. The summed E-state index contributed by atoms with van der Waals surface area (Å²) in [7, 11) is 0. The molecule has 28 heavy (non-hydrogen) atoms. The SMILES string of the molecule is CCOc1ccc(N2C[C@@H]3CC(C)(C)[C@H]2CC32ON2Cc2ccccc2)cc1. The Hall–Kier alpha value is -2.04. The Morgan fingerprint density at radius 2 is 1.79 bits per heavy atom. The molecular weight excluding hydrogens is 348 g/mol. The Labute approximate surface area is 168 Å². The number of nitrogens with zero attached hydrogens (tertiary/aromatic N) is 2. The zero-order valence-corrected chi connectivity index (χ0v) is 17.1. The molecule has 4 atom stereocenters. The number of ether oxygens (including phenoxy) is 1. The van der Waals surface area contributed by atoms with E-state index in [-0.39, 0.29) is 11.1 Å². The highest BCUT2D eigenvalue weighted by atomic mass is 16.9. The largest absolute Gasteiger partial charge is 0.494 e. The summed E-state index contributed by atoms with van der Waals surface area (Å²) in [6.45, 7) is 9.51. The van der Waals surface area contributed by atoms with Crippen molar-refractivity contribution in [2.24, 2.45) is 11.3 Å². The molecule has 1 saturated carbocycles. The molecule has 3 saturated heterocycles. The van der Waals surface area contributed by atoms with Crippen LogP contribution in [-0.4, -0.2) is 30.0 Å². The van der Waals surface area contributed by atoms with E-state index in [0.717, 1.165) is 25.3 Å². The van der Waals surface area contributed by atoms with E-state index in [2.05, 4.69) is 78.4 Å². The van der Waals surface area contributed by atoms with Crippen molar-refractivity contribution in [1.29, 1.82) is 0 Å². The van der Waals surface area contributed by atoms with Crippen LogP contribution in [0.4, 0.5) is 5.69 Å². The molecule has 2 aromatic carbocycles. The molecule has 4 fully saturated rings. The Bertz CT molecular complexity index is 835. The van der Waals surface area contributed by atoms with E-state index < -0.39 is 0 Å². The van der Waals surface area contributed by atoms with Crippen molar-refractivity contribution in [3.63, 3.8) is 0 Å². The minimum absolute atomic E-state index is 0.0577. The Kier molecular flexibility index (Phi) is 4.18. The topological polar surface area (TPSA) is 28.0 Å². The summed E-state index contributed by atoms with van der Waals surface area (Å²) in [6, 6.07) is 19.8. The molecule has 4 heteroatoms. The van der Waals surface area contributed by atoms with Crippen molar-refractivity contribution < 1.29 is 9.57 Å². The van der Waals surface area contributed by atoms with Crippen LogP contribution < -0.4 is 9.64 Å². The van der Waals surface area contributed by atoms with Crippen LogP contribution in [-0.2, 0) is 11.4 Å². The monoisotopic (exact) mass is 378 g/mol. The van der Waals surface area contributed by atoms with E-state index in [1.807, 2.05) is 6.92 Å². The summed E-state index contributed by atoms with van der Waals surface area (Å²) in [4.78, 5) is 8.91. The van der Waals surface area contributed by atoms with Crippen LogP contribution in [0.25, 0.3) is 0 Å². The summed E-state index contributed by atoms with van der Waals surface area (Å²) < 4.78 is 5.62. The van der Waals surface area contributed by atoms with E-state index in [1.54, 1.807) is 0 Å². The Balaban J connectivity index is 1.35. The summed E-state index contributed by atoms with van der Waals surface area (Å²) in [5.41, 5.74) is 2.86. The van der Waals surface area contributed by atoms with Gasteiger partial charge in [-0.1, -0.05) is 44.2 Å². The smallest absolute Gasteiger partial charge is 0.171 e. The van der Waals surface area contributed by atoms with Crippen molar-refractivity contribution in [2.45, 2.75) is 51.9 Å². The van der Waals surface area contributed by atoms with Crippen LogP contribution in [0.15, 0.2) is 54.6 Å². The quantitative estimate of drug-likeness (QED) is 0.695. The maximum Gasteiger partial charge on any atom is 0.171 e. The number of anilines is 1. The maximum atomic E-state index is 6.30. The molecule has 1 spiro atoms. The van der Waals surface area contributed by atoms with Gasteiger partial charge in [-0.05, 0) is 48.6 Å². The predicted octanol–water partition coefficient (Wildman–Crippen LogP) is 4.85. The van der Waals surface area contributed by atoms with Crippen molar-refractivity contribution in [3.8, 4) is 5.75 Å². The lowest BCUT2D eigenvalue weighted by Crippen LogP contribution is -2.64. The molecule has 1 aliphatic carbocycles. The van der Waals surface area contributed by atoms with Gasteiger partial charge in [0, 0.05) is 30.6 Å². The molecule has 3 heterocycles. The van der Waals surface area contributed by atoms with Gasteiger partial charge in [0.05, 0.1) is 13.2 Å². The van der Waals surface area contributed by atoms with Gasteiger partial charge < -0.3 is 9.64 Å². The highest BCUT2D eigenvalue weighted by molar-refractivity contribution is 5.52. The van der Waals surface area contributed by atoms with Crippen LogP contribution in [0.3, 0.4) is 0 Å². The van der Waals surface area contributed by atoms with E-state index in [0.29, 0.717) is 18.6 Å². The van der Waals surface area contributed by atoms with Gasteiger partial charge in [-0.2, -0.15) is 0 Å². The number of rotatable bonds is 5. The van der Waals surface area contributed by atoms with E-state index in [4.69, 9.17) is 9.57 Å². The number of hydroxylamine groups is 2. The number of benzene rings is 2. The zero-order valence-electron chi connectivity index (χ0n) is 17.1. The van der Waals surface area contributed by atoms with E-state index >= 15 is 0 Å². The lowest BCUT2D eigenvalue weighted by molar-refractivity contribution is 0.0211. The first-order valence-corrected chi connectivity index (χ1v) is 10.5. The molecule has 0 N–H and O–H groups in total. The second kappa shape index (κ2) is 6.50. The number of fused-ring (bicyclic) bond motifs is 2. The van der Waals surface area contributed by atoms with Crippen molar-refractivity contribution in [1.82, 2.24) is 5.06 Å². The van der Waals surface area contributed by atoms with Crippen LogP contribution >= 0.6 is 0 Å². The molecule has 0 radical (unpaired) electrons. The van der Waals surface area contributed by atoms with E-state index in [9.17, 15) is 0 Å². The summed E-state index contributed by atoms with van der Waals surface area (Å²) in [5, 5.41) is 2.24. The van der Waals surface area contributed by atoms with E-state index in [1.165, 1.54) is 17.7 Å². The van der Waals surface area contributed by atoms with Gasteiger partial charge in [0.15, 0.2) is 5.72 Å². The summed E-state index contributed by atoms with van der Waals surface area (Å²) in [6.07, 6.45) is 2.29. The lowest BCUT2D eigenvalue weighted by Gasteiger charge is -2.57. The molecule has 3 aliphatic heterocycles. The highest BCUT2D eigenvalue weighted by Gasteiger charge is 2.69. The molecule has 2 unspecified atom stereocenters. The lowest BCUT2D eigenvalue weighted by atomic mass is 9.61. The minimum Gasteiger partial charge on any atom is -0.494 e. The average Bonchev–Trinajstić information content (AvgIpc) is 3.36. The first kappa shape index (κ1) is 18.0. The third-order valence-corrected chi connectivity index (χ3v) is 6.90. The van der Waals surface area contributed by atoms with Gasteiger partial charge in [-0.3, -0.25) is 4.84 Å². The third kappa shape index (κ3) is 2.90. The number of piperidine rings is 2. The van der Waals surface area contributed by atoms with Gasteiger partial charge in [-0.25, -0.2) is 0 Å². The Morgan fingerprint density at radius 1 is 1.04 bits per heavy atom. The fourth-order valence-corrected chi connectivity index (χ4v) is 5.44. The van der Waals surface area contributed by atoms with Gasteiger partial charge in [0.2, 0.25) is 0 Å². The minimum atomic E-state index is -0.0577. The highest BCUT2D eigenvalue weighted by Crippen LogP contribution is 2.60. The van der Waals surface area contributed by atoms with Gasteiger partial charge >= 0.3 is 0 Å². The molecular formula is C24H30N2O2. The molecule has 2 aromatic rings. The fraction of sp³-hybridized carbons (Fsp3) is 0.500. The van der Waals surface area contributed by atoms with Crippen molar-refractivity contribution in [3.05, 3.63) is 60.2 Å². The molecule has 0 aromatic heterocycles. The standard InChI is InChI=1S/C24H30N2O2/c1-4-27-21-12-10-20(11-13-21)25-17-19-14-23(2,3)22(25)15-24(19)26(28-24)16-18-8-6-5-7-9-18/h5-13,19,22H,4,14-17H2,1-3H3/t19-,22+,24?,26?/m0/s1. The predicted molar refractivity (Wildman–Crippen MR) is 111 cm³/mol. The zero-order chi connectivity index (χ0) is 19.4. The average molecular weight is 379 g/mol. The van der Waals surface area contributed by atoms with Gasteiger partial charge in [-0.15, -0.1) is 5.06 Å². The Morgan fingerprint density at radius 3 is 2.46 bits per heavy atom.